The second-order valence-corrected chi connectivity index (χ2v) is 28.8. The first kappa shape index (κ1) is 72.2. The van der Waals surface area contributed by atoms with Gasteiger partial charge in [0.15, 0.2) is 23.3 Å². The summed E-state index contributed by atoms with van der Waals surface area (Å²) in [5, 5.41) is 32.3. The van der Waals surface area contributed by atoms with E-state index < -0.39 is 17.9 Å². The number of anilines is 4. The quantitative estimate of drug-likeness (QED) is 0.0578. The lowest BCUT2D eigenvalue weighted by molar-refractivity contribution is -0.134. The molecule has 0 spiro atoms. The maximum atomic E-state index is 15.8. The minimum absolute atomic E-state index is 0.122. The van der Waals surface area contributed by atoms with Gasteiger partial charge in [-0.1, -0.05) is 0 Å². The lowest BCUT2D eigenvalue weighted by Gasteiger charge is -2.41. The molecule has 0 atom stereocenters. The maximum Gasteiger partial charge on any atom is 0.329 e. The number of halogens is 2. The maximum absolute atomic E-state index is 15.8. The molecule has 0 unspecified atom stereocenters. The standard InChI is InChI=1S/C39H45FN10O6.C37H42FN9O5/c1-45-21-27(26-20-41-46(2)36(26)38(45)53)24-18-30(55-3)28(31(19-24)56-4)22-47-13-15-49(16-14-47)33(52)17-23-7-10-48(11-8-23)29-6-5-25-35(34(29)40)43-44-37(25)50-12-9-32(51)42-39(50)54;1-44-19-26(25-18-39-41-34(25)36(44)49)23-16-29(51-2)27(30(17-23)52-3)20-45-11-6-21(7-12-45)22-8-13-46(14-9-22)28-5-4-24-33(32(28)38)42-43-35(24)47-15-10-31(48)40-37(47)50/h5-6,18-21,23H,7-17,22H2,1-4H3,(H,43,44)(H,42,51,54);4-5,16-19,21-22H,6-15,20H2,1-3H3,(H,39,41)(H,42,43)(H,40,48,50). The molecule has 5 N–H and O–H groups in total. The van der Waals surface area contributed by atoms with Crippen molar-refractivity contribution in [3.05, 3.63) is 117 Å². The third kappa shape index (κ3) is 13.7. The van der Waals surface area contributed by atoms with Gasteiger partial charge in [-0.3, -0.25) is 74.2 Å². The number of ether oxygens (including phenoxy) is 4. The number of amides is 7. The summed E-state index contributed by atoms with van der Waals surface area (Å²) in [5.41, 5.74) is 7.52. The minimum atomic E-state index is -0.575. The van der Waals surface area contributed by atoms with Gasteiger partial charge in [0.25, 0.3) is 11.1 Å². The number of pyridine rings is 2. The Hall–Kier alpha value is -11.4. The third-order valence-corrected chi connectivity index (χ3v) is 22.7. The smallest absolute Gasteiger partial charge is 0.329 e. The van der Waals surface area contributed by atoms with Crippen molar-refractivity contribution >= 4 is 96.4 Å². The van der Waals surface area contributed by atoms with Crippen LogP contribution in [0.4, 0.5) is 41.4 Å². The number of aryl methyl sites for hydroxylation is 3. The zero-order chi connectivity index (χ0) is 75.3. The number of aromatic nitrogens is 10. The fourth-order valence-electron chi connectivity index (χ4n) is 16.6. The lowest BCUT2D eigenvalue weighted by Crippen LogP contribution is -2.49. The van der Waals surface area contributed by atoms with E-state index in [-0.39, 0.29) is 83.4 Å². The van der Waals surface area contributed by atoms with Gasteiger partial charge in [-0.25, -0.2) is 18.4 Å². The van der Waals surface area contributed by atoms with E-state index >= 15 is 8.78 Å². The number of piperazine rings is 1. The molecule has 108 heavy (non-hydrogen) atoms. The summed E-state index contributed by atoms with van der Waals surface area (Å²) in [4.78, 5) is 100. The van der Waals surface area contributed by atoms with Gasteiger partial charge in [0.05, 0.1) is 63.3 Å². The van der Waals surface area contributed by atoms with Crippen LogP contribution in [-0.4, -0.2) is 201 Å². The Labute approximate surface area is 618 Å². The van der Waals surface area contributed by atoms with Gasteiger partial charge in [0.1, 0.15) is 45.1 Å². The number of carbonyl (C=O) groups is 5. The number of nitrogens with zero attached hydrogens (tertiary/aromatic N) is 14. The van der Waals surface area contributed by atoms with Gasteiger partial charge < -0.3 is 42.8 Å². The van der Waals surface area contributed by atoms with Crippen molar-refractivity contribution in [3.63, 3.8) is 0 Å². The number of fused-ring (bicyclic) bond motifs is 4. The molecule has 32 heteroatoms. The monoisotopic (exact) mass is 1480 g/mol. The van der Waals surface area contributed by atoms with Crippen LogP contribution in [0.25, 0.3) is 65.9 Å². The molecule has 10 aromatic rings. The Kier molecular flexibility index (Phi) is 20.1. The molecule has 0 radical (unpaired) electrons. The first-order valence-corrected chi connectivity index (χ1v) is 36.6. The van der Waals surface area contributed by atoms with Gasteiger partial charge in [-0.15, -0.1) is 0 Å². The summed E-state index contributed by atoms with van der Waals surface area (Å²) in [6.07, 6.45) is 13.5. The highest BCUT2D eigenvalue weighted by Crippen LogP contribution is 2.43. The van der Waals surface area contributed by atoms with Gasteiger partial charge in [-0.05, 0) is 129 Å². The Morgan fingerprint density at radius 2 is 0.963 bits per heavy atom. The summed E-state index contributed by atoms with van der Waals surface area (Å²) in [7, 11) is 11.8. The molecule has 30 nitrogen and oxygen atoms in total. The molecule has 16 rings (SSSR count). The van der Waals surface area contributed by atoms with Crippen LogP contribution in [0, 0.1) is 29.4 Å². The molecule has 7 amide bonds. The largest absolute Gasteiger partial charge is 0.496 e. The summed E-state index contributed by atoms with van der Waals surface area (Å²) in [6.45, 7) is 8.99. The van der Waals surface area contributed by atoms with Crippen LogP contribution in [0.15, 0.2) is 82.9 Å². The van der Waals surface area contributed by atoms with E-state index in [0.29, 0.717) is 121 Å². The van der Waals surface area contributed by atoms with Crippen LogP contribution in [0.5, 0.6) is 23.0 Å². The topological polar surface area (TPSA) is 317 Å². The Morgan fingerprint density at radius 1 is 0.509 bits per heavy atom. The Morgan fingerprint density at radius 3 is 1.44 bits per heavy atom. The van der Waals surface area contributed by atoms with Crippen molar-refractivity contribution in [2.75, 3.05) is 127 Å². The van der Waals surface area contributed by atoms with E-state index in [1.165, 1.54) is 9.80 Å². The second kappa shape index (κ2) is 30.1. The number of piperidine rings is 3. The predicted molar refractivity (Wildman–Crippen MR) is 402 cm³/mol. The van der Waals surface area contributed by atoms with Crippen LogP contribution in [-0.2, 0) is 48.6 Å². The predicted octanol–water partition coefficient (Wildman–Crippen LogP) is 7.90. The molecule has 0 aliphatic carbocycles. The SMILES string of the molecule is COc1cc(-c2cn(C)c(=O)c3[nH]ncc23)cc(OC)c1CN1CCC(C2CCN(c3ccc4c(N5CCC(=O)NC5=O)n[nH]c4c3F)CC2)CC1.COc1cc(-c2cn(C)c(=O)c3c2cnn3C)cc(OC)c1CN1CCN(C(=O)CC2CCN(c3ccc4c(N5CCC(=O)NC5=O)n[nH]c4c3F)CC2)CC1. The van der Waals surface area contributed by atoms with Gasteiger partial charge in [-0.2, -0.15) is 20.4 Å². The highest BCUT2D eigenvalue weighted by molar-refractivity contribution is 6.10. The number of methoxy groups -OCH3 is 4. The van der Waals surface area contributed by atoms with Crippen LogP contribution in [0.1, 0.15) is 68.9 Å². The van der Waals surface area contributed by atoms with Crippen molar-refractivity contribution in [3.8, 4) is 45.3 Å². The van der Waals surface area contributed by atoms with E-state index in [1.54, 1.807) is 100 Å². The fourth-order valence-corrected chi connectivity index (χ4v) is 16.6. The molecular weight excluding hydrogens is 1390 g/mol. The normalized spacial score (nSPS) is 17.7. The second-order valence-electron chi connectivity index (χ2n) is 28.8. The fraction of sp³-hybridized carbons (Fsp3) is 0.434. The Bertz CT molecular complexity index is 5230. The van der Waals surface area contributed by atoms with Gasteiger partial charge in [0, 0.05) is 164 Å². The van der Waals surface area contributed by atoms with Crippen molar-refractivity contribution in [2.24, 2.45) is 38.9 Å². The molecule has 6 aliphatic heterocycles. The van der Waals surface area contributed by atoms with Crippen molar-refractivity contribution in [2.45, 2.75) is 70.9 Å². The van der Waals surface area contributed by atoms with E-state index in [2.05, 4.69) is 61.0 Å². The molecular formula is C76H87F2N19O11. The number of imide groups is 2. The van der Waals surface area contributed by atoms with Gasteiger partial charge in [0.2, 0.25) is 17.7 Å². The van der Waals surface area contributed by atoms with Crippen molar-refractivity contribution < 1.29 is 51.7 Å². The molecule has 6 saturated heterocycles. The lowest BCUT2D eigenvalue weighted by atomic mass is 9.78. The average molecular weight is 1480 g/mol. The van der Waals surface area contributed by atoms with Crippen LogP contribution in [0.3, 0.4) is 0 Å². The van der Waals surface area contributed by atoms with E-state index in [9.17, 15) is 33.6 Å². The van der Waals surface area contributed by atoms with E-state index in [4.69, 9.17) is 18.9 Å². The number of likely N-dealkylation sites (tertiary alicyclic amines) is 1. The number of carbonyl (C=O) groups excluding carboxylic acids is 5. The highest BCUT2D eigenvalue weighted by atomic mass is 19.1. The number of hydrogen-bond acceptors (Lipinski definition) is 19. The molecule has 6 aliphatic rings. The number of H-pyrrole nitrogens is 3. The number of benzene rings is 4. The van der Waals surface area contributed by atoms with Crippen LogP contribution < -0.4 is 60.3 Å². The van der Waals surface area contributed by atoms with E-state index in [0.717, 1.165) is 120 Å². The molecule has 4 aromatic carbocycles. The summed E-state index contributed by atoms with van der Waals surface area (Å²) >= 11 is 0. The summed E-state index contributed by atoms with van der Waals surface area (Å²) < 4.78 is 59.9. The van der Waals surface area contributed by atoms with Crippen molar-refractivity contribution in [1.82, 2.24) is 74.8 Å². The van der Waals surface area contributed by atoms with Crippen molar-refractivity contribution in [1.29, 1.82) is 0 Å². The van der Waals surface area contributed by atoms with E-state index in [1.807, 2.05) is 46.5 Å². The summed E-state index contributed by atoms with van der Waals surface area (Å²) in [6, 6.07) is 13.9. The first-order valence-electron chi connectivity index (χ1n) is 36.6. The number of urea groups is 2. The molecule has 6 fully saturated rings. The molecule has 566 valence electrons. The summed E-state index contributed by atoms with van der Waals surface area (Å²) in [5.74, 6) is 3.46. The number of hydrogen-bond donors (Lipinski definition) is 5. The van der Waals surface area contributed by atoms with Crippen LogP contribution >= 0.6 is 0 Å². The third-order valence-electron chi connectivity index (χ3n) is 22.7. The first-order chi connectivity index (χ1) is 52.3. The highest BCUT2D eigenvalue weighted by Gasteiger charge is 2.36. The minimum Gasteiger partial charge on any atom is -0.496 e. The van der Waals surface area contributed by atoms with Crippen LogP contribution in [0.2, 0.25) is 0 Å². The van der Waals surface area contributed by atoms with Gasteiger partial charge >= 0.3 is 12.1 Å². The molecule has 6 aromatic heterocycles. The number of aromatic amines is 3. The molecule has 0 bridgehead atoms. The molecule has 0 saturated carbocycles. The Balaban J connectivity index is 0.000000173. The molecule has 12 heterocycles. The average Bonchev–Trinajstić information content (AvgIpc) is 1.57. The zero-order valence-electron chi connectivity index (χ0n) is 61.4. The number of rotatable bonds is 17. The zero-order valence-corrected chi connectivity index (χ0v) is 61.4. The number of nitrogens with one attached hydrogen (secondary N) is 5.